The molecule has 2 aromatic rings. The summed E-state index contributed by atoms with van der Waals surface area (Å²) in [7, 11) is 0. The minimum atomic E-state index is -1.75. The van der Waals surface area contributed by atoms with Gasteiger partial charge in [-0.05, 0) is 63.1 Å². The molecule has 0 aromatic carbocycles. The van der Waals surface area contributed by atoms with Gasteiger partial charge < -0.3 is 24.1 Å². The quantitative estimate of drug-likeness (QED) is 0.257. The van der Waals surface area contributed by atoms with E-state index in [1.54, 1.807) is 44.8 Å². The van der Waals surface area contributed by atoms with Gasteiger partial charge >= 0.3 is 5.97 Å². The van der Waals surface area contributed by atoms with E-state index in [0.29, 0.717) is 23.7 Å². The third kappa shape index (κ3) is 8.98. The first-order valence-corrected chi connectivity index (χ1v) is 17.4. The van der Waals surface area contributed by atoms with Gasteiger partial charge in [-0.1, -0.05) is 40.7 Å². The summed E-state index contributed by atoms with van der Waals surface area (Å²) in [6.45, 7) is 16.1. The fraction of sp³-hybridized carbons (Fsp3) is 0.649. The Bertz CT molecular complexity index is 1540. The second kappa shape index (κ2) is 16.6. The molecule has 0 radical (unpaired) electrons. The number of hydrogen-bond donors (Lipinski definition) is 1. The van der Waals surface area contributed by atoms with Gasteiger partial charge in [0, 0.05) is 43.1 Å². The molecule has 9 atom stereocenters. The number of aromatic nitrogens is 3. The summed E-state index contributed by atoms with van der Waals surface area (Å²) in [5.74, 6) is -3.56. The van der Waals surface area contributed by atoms with E-state index in [4.69, 9.17) is 23.9 Å². The molecule has 2 aliphatic heterocycles. The second-order valence-corrected chi connectivity index (χ2v) is 14.2. The van der Waals surface area contributed by atoms with Crippen LogP contribution in [0.2, 0.25) is 0 Å². The first kappa shape index (κ1) is 39.1. The zero-order chi connectivity index (χ0) is 36.8. The summed E-state index contributed by atoms with van der Waals surface area (Å²) in [6.07, 6.45) is 3.87. The van der Waals surface area contributed by atoms with Gasteiger partial charge in [0.15, 0.2) is 5.82 Å². The molecule has 0 unspecified atom stereocenters. The van der Waals surface area contributed by atoms with Crippen LogP contribution in [0.3, 0.4) is 0 Å². The smallest absolute Gasteiger partial charge is 0.316 e. The normalized spacial score (nSPS) is 34.9. The highest BCUT2D eigenvalue weighted by atomic mass is 16.6. The second-order valence-electron chi connectivity index (χ2n) is 14.2. The van der Waals surface area contributed by atoms with Crippen molar-refractivity contribution in [3.05, 3.63) is 42.4 Å². The van der Waals surface area contributed by atoms with E-state index in [2.05, 4.69) is 15.1 Å². The number of fused-ring (bicyclic) bond motifs is 5. The molecule has 13 heteroatoms. The van der Waals surface area contributed by atoms with Gasteiger partial charge in [-0.15, -0.1) is 0 Å². The summed E-state index contributed by atoms with van der Waals surface area (Å²) in [4.78, 5) is 53.2. The van der Waals surface area contributed by atoms with Gasteiger partial charge in [-0.25, -0.2) is 14.7 Å². The standard InChI is InChI=1S/C37H53N5O8/c1-10-30-37(9,46)34-24(4)32(41-27(7)43)22(2)16-36(8,26(6)23(3)33(44)25(5)35(45)50-30)49-20-29(19-48-34)39-21-47-18-28-12-13-31(38-17-28)42-15-11-14-40-42/h11-15,17,22-26,30,34,46H,10,16,18-21H2,1-9H3/b39-29+,41-32+/t22-,23-,24+,25-,26-,30-,34-,36-,37-/m1/s1. The van der Waals surface area contributed by atoms with Crippen molar-refractivity contribution in [3.8, 4) is 5.82 Å². The van der Waals surface area contributed by atoms with Crippen molar-refractivity contribution < 1.29 is 38.4 Å². The lowest BCUT2D eigenvalue weighted by Gasteiger charge is -2.44. The molecule has 274 valence electrons. The minimum absolute atomic E-state index is 0.000884. The number of carbonyl (C=O) groups is 3. The van der Waals surface area contributed by atoms with Gasteiger partial charge in [0.25, 0.3) is 0 Å². The van der Waals surface area contributed by atoms with Crippen molar-refractivity contribution in [2.45, 2.75) is 105 Å². The number of pyridine rings is 1. The first-order valence-electron chi connectivity index (χ1n) is 17.4. The van der Waals surface area contributed by atoms with E-state index in [9.17, 15) is 19.5 Å². The number of cyclic esters (lactones) is 1. The van der Waals surface area contributed by atoms with Crippen LogP contribution in [0.15, 0.2) is 46.8 Å². The van der Waals surface area contributed by atoms with E-state index in [0.717, 1.165) is 5.56 Å². The molecule has 50 heavy (non-hydrogen) atoms. The molecule has 0 spiro atoms. The average Bonchev–Trinajstić information content (AvgIpc) is 3.62. The average molecular weight is 696 g/mol. The molecule has 13 nitrogen and oxygen atoms in total. The molecule has 2 aromatic heterocycles. The third-order valence-electron chi connectivity index (χ3n) is 10.4. The van der Waals surface area contributed by atoms with Crippen LogP contribution in [-0.4, -0.2) is 92.3 Å². The zero-order valence-corrected chi connectivity index (χ0v) is 30.8. The molecule has 4 rings (SSSR count). The zero-order valence-electron chi connectivity index (χ0n) is 30.8. The highest BCUT2D eigenvalue weighted by Gasteiger charge is 2.50. The summed E-state index contributed by atoms with van der Waals surface area (Å²) < 4.78 is 26.7. The van der Waals surface area contributed by atoms with E-state index >= 15 is 0 Å². The van der Waals surface area contributed by atoms with Gasteiger partial charge in [0.2, 0.25) is 5.91 Å². The fourth-order valence-corrected chi connectivity index (χ4v) is 7.14. The number of Topliss-reactive ketones (excluding diaryl/α,β-unsaturated/α-hetero) is 1. The van der Waals surface area contributed by atoms with Crippen molar-refractivity contribution in [2.75, 3.05) is 19.9 Å². The van der Waals surface area contributed by atoms with Gasteiger partial charge in [0.05, 0.1) is 37.2 Å². The number of aliphatic imine (C=N–C) groups is 2. The monoisotopic (exact) mass is 695 g/mol. The lowest BCUT2D eigenvalue weighted by molar-refractivity contribution is -0.192. The van der Waals surface area contributed by atoms with Crippen molar-refractivity contribution in [3.63, 3.8) is 0 Å². The lowest BCUT2D eigenvalue weighted by Crippen LogP contribution is -2.57. The van der Waals surface area contributed by atoms with Crippen molar-refractivity contribution in [1.29, 1.82) is 0 Å². The van der Waals surface area contributed by atoms with Crippen LogP contribution in [0.1, 0.15) is 80.7 Å². The van der Waals surface area contributed by atoms with E-state index in [-0.39, 0.29) is 56.5 Å². The Morgan fingerprint density at radius 1 is 1.12 bits per heavy atom. The SMILES string of the molecule is CC[C@H]1OC(=O)[C@H](C)C(=O)[C@H](C)[C@@H](C)[C@@]2(C)C[C@@H](C)/C(=N\C(C)=O)[C@H](C)[C@@H](OC/C(=N\COCc3ccc(-n4cccn4)nc3)CO2)[C@]1(C)O. The molecular weight excluding hydrogens is 642 g/mol. The van der Waals surface area contributed by atoms with E-state index in [1.807, 2.05) is 52.1 Å². The highest BCUT2D eigenvalue weighted by Crippen LogP contribution is 2.39. The van der Waals surface area contributed by atoms with Crippen LogP contribution in [0.4, 0.5) is 0 Å². The van der Waals surface area contributed by atoms with E-state index in [1.165, 1.54) is 6.92 Å². The maximum absolute atomic E-state index is 13.7. The van der Waals surface area contributed by atoms with Crippen LogP contribution in [0.5, 0.6) is 0 Å². The number of nitrogens with zero attached hydrogens (tertiary/aromatic N) is 5. The topological polar surface area (TPSA) is 164 Å². The predicted molar refractivity (Wildman–Crippen MR) is 187 cm³/mol. The Labute approximate surface area is 294 Å². The molecular formula is C37H53N5O8. The van der Waals surface area contributed by atoms with Crippen LogP contribution in [0, 0.1) is 29.6 Å². The summed E-state index contributed by atoms with van der Waals surface area (Å²) in [6, 6.07) is 5.59. The molecule has 0 aliphatic carbocycles. The number of rotatable bonds is 6. The molecule has 2 saturated heterocycles. The number of hydrogen-bond acceptors (Lipinski definition) is 11. The van der Waals surface area contributed by atoms with Gasteiger partial charge in [0.1, 0.15) is 30.1 Å². The van der Waals surface area contributed by atoms with Crippen LogP contribution in [-0.2, 0) is 39.9 Å². The predicted octanol–water partition coefficient (Wildman–Crippen LogP) is 4.57. The van der Waals surface area contributed by atoms with Crippen LogP contribution >= 0.6 is 0 Å². The molecule has 2 bridgehead atoms. The summed E-state index contributed by atoms with van der Waals surface area (Å²) in [5.41, 5.74) is -0.756. The highest BCUT2D eigenvalue weighted by molar-refractivity contribution is 6.00. The molecule has 1 N–H and O–H groups in total. The Kier molecular flexibility index (Phi) is 13.0. The van der Waals surface area contributed by atoms with Crippen LogP contribution in [0.25, 0.3) is 5.82 Å². The third-order valence-corrected chi connectivity index (χ3v) is 10.4. The number of aliphatic hydroxyl groups is 1. The number of esters is 1. The Hall–Kier alpha value is -3.65. The lowest BCUT2D eigenvalue weighted by atomic mass is 9.70. The molecule has 4 heterocycles. The minimum Gasteiger partial charge on any atom is -0.459 e. The summed E-state index contributed by atoms with van der Waals surface area (Å²) >= 11 is 0. The van der Waals surface area contributed by atoms with Gasteiger partial charge in [-0.2, -0.15) is 5.10 Å². The van der Waals surface area contributed by atoms with Crippen molar-refractivity contribution in [1.82, 2.24) is 14.8 Å². The molecule has 2 fully saturated rings. The number of ether oxygens (including phenoxy) is 4. The maximum Gasteiger partial charge on any atom is 0.316 e. The largest absolute Gasteiger partial charge is 0.459 e. The number of ketones is 1. The van der Waals surface area contributed by atoms with Gasteiger partial charge in [-0.3, -0.25) is 19.4 Å². The number of amides is 1. The fourth-order valence-electron chi connectivity index (χ4n) is 7.14. The molecule has 1 amide bonds. The summed E-state index contributed by atoms with van der Waals surface area (Å²) in [5, 5.41) is 16.4. The van der Waals surface area contributed by atoms with E-state index < -0.39 is 47.1 Å². The maximum atomic E-state index is 13.7. The Balaban J connectivity index is 1.72. The Morgan fingerprint density at radius 2 is 1.86 bits per heavy atom. The molecule has 0 saturated carbocycles. The first-order chi connectivity index (χ1) is 23.6. The number of carbonyl (C=O) groups excluding carboxylic acids is 3. The molecule has 2 aliphatic rings. The van der Waals surface area contributed by atoms with Crippen LogP contribution < -0.4 is 0 Å². The van der Waals surface area contributed by atoms with Crippen molar-refractivity contribution in [2.24, 2.45) is 39.6 Å². The Morgan fingerprint density at radius 3 is 2.48 bits per heavy atom. The van der Waals surface area contributed by atoms with Crippen molar-refractivity contribution >= 4 is 29.1 Å².